The Morgan fingerprint density at radius 1 is 0.967 bits per heavy atom. The molecular weight excluding hydrogens is 375 g/mol. The van der Waals surface area contributed by atoms with E-state index < -0.39 is 0 Å². The van der Waals surface area contributed by atoms with Crippen LogP contribution >= 0.6 is 0 Å². The molecule has 4 heteroatoms. The number of hydrogen-bond acceptors (Lipinski definition) is 3. The molecule has 2 aromatic rings. The zero-order chi connectivity index (χ0) is 21.2. The summed E-state index contributed by atoms with van der Waals surface area (Å²) in [6, 6.07) is 9.05. The average molecular weight is 413 g/mol. The maximum Gasteiger partial charge on any atom is 0.165 e. The van der Waals surface area contributed by atoms with Crippen molar-refractivity contribution in [3.63, 3.8) is 0 Å². The molecule has 1 aromatic heterocycles. The molecule has 1 saturated carbocycles. The second-order valence-corrected chi connectivity index (χ2v) is 8.98. The fraction of sp³-hybridized carbons (Fsp3) is 0.615. The molecule has 0 saturated heterocycles. The number of rotatable bonds is 11. The Kier molecular flexibility index (Phi) is 9.10. The summed E-state index contributed by atoms with van der Waals surface area (Å²) in [4.78, 5) is 0. The Morgan fingerprint density at radius 2 is 1.77 bits per heavy atom. The van der Waals surface area contributed by atoms with Crippen LogP contribution in [0.3, 0.4) is 0 Å². The molecule has 1 heterocycles. The molecule has 1 aliphatic carbocycles. The Bertz CT molecular complexity index is 754. The highest BCUT2D eigenvalue weighted by Gasteiger charge is 2.18. The largest absolute Gasteiger partial charge is 0.491 e. The first-order chi connectivity index (χ1) is 14.7. The SMILES string of the molecule is CCCCCCCOc1ccc(-c2ccc(CCC3CCC(C)CC3)nn2)cc1F. The van der Waals surface area contributed by atoms with Gasteiger partial charge in [0.15, 0.2) is 11.6 Å². The van der Waals surface area contributed by atoms with Crippen LogP contribution in [-0.2, 0) is 6.42 Å². The van der Waals surface area contributed by atoms with E-state index >= 15 is 0 Å². The lowest BCUT2D eigenvalue weighted by molar-refractivity contribution is 0.277. The Labute approximate surface area is 181 Å². The maximum absolute atomic E-state index is 14.4. The third-order valence-electron chi connectivity index (χ3n) is 6.40. The summed E-state index contributed by atoms with van der Waals surface area (Å²) >= 11 is 0. The first kappa shape index (κ1) is 22.7. The second-order valence-electron chi connectivity index (χ2n) is 8.98. The van der Waals surface area contributed by atoms with E-state index in [2.05, 4.69) is 24.0 Å². The van der Waals surface area contributed by atoms with E-state index in [1.807, 2.05) is 18.2 Å². The zero-order valence-electron chi connectivity index (χ0n) is 18.7. The summed E-state index contributed by atoms with van der Waals surface area (Å²) in [6.45, 7) is 5.12. The third-order valence-corrected chi connectivity index (χ3v) is 6.40. The van der Waals surface area contributed by atoms with E-state index in [-0.39, 0.29) is 5.82 Å². The molecule has 3 nitrogen and oxygen atoms in total. The summed E-state index contributed by atoms with van der Waals surface area (Å²) in [5, 5.41) is 8.73. The smallest absolute Gasteiger partial charge is 0.165 e. The minimum Gasteiger partial charge on any atom is -0.491 e. The van der Waals surface area contributed by atoms with Gasteiger partial charge in [0.2, 0.25) is 0 Å². The number of aryl methyl sites for hydroxylation is 1. The van der Waals surface area contributed by atoms with Crippen LogP contribution in [0.4, 0.5) is 4.39 Å². The predicted molar refractivity (Wildman–Crippen MR) is 121 cm³/mol. The molecule has 0 spiro atoms. The number of halogens is 1. The first-order valence-corrected chi connectivity index (χ1v) is 11.9. The van der Waals surface area contributed by atoms with Crippen LogP contribution in [0.2, 0.25) is 0 Å². The van der Waals surface area contributed by atoms with Gasteiger partial charge in [-0.25, -0.2) is 4.39 Å². The second kappa shape index (κ2) is 12.0. The van der Waals surface area contributed by atoms with Crippen molar-refractivity contribution in [1.29, 1.82) is 0 Å². The van der Waals surface area contributed by atoms with Crippen LogP contribution in [0.5, 0.6) is 5.75 Å². The average Bonchev–Trinajstić information content (AvgIpc) is 2.77. The number of aromatic nitrogens is 2. The summed E-state index contributed by atoms with van der Waals surface area (Å²) in [5.74, 6) is 1.71. The zero-order valence-corrected chi connectivity index (χ0v) is 18.7. The van der Waals surface area contributed by atoms with Gasteiger partial charge in [0.25, 0.3) is 0 Å². The maximum atomic E-state index is 14.4. The van der Waals surface area contributed by atoms with Crippen molar-refractivity contribution >= 4 is 0 Å². The van der Waals surface area contributed by atoms with Gasteiger partial charge in [0.05, 0.1) is 18.0 Å². The van der Waals surface area contributed by atoms with Crippen molar-refractivity contribution in [2.45, 2.75) is 84.5 Å². The minimum absolute atomic E-state index is 0.320. The Hall–Kier alpha value is -1.97. The number of benzene rings is 1. The lowest BCUT2D eigenvalue weighted by Gasteiger charge is -2.25. The van der Waals surface area contributed by atoms with Crippen LogP contribution in [-0.4, -0.2) is 16.8 Å². The Morgan fingerprint density at radius 3 is 2.47 bits per heavy atom. The molecule has 0 atom stereocenters. The molecule has 30 heavy (non-hydrogen) atoms. The lowest BCUT2D eigenvalue weighted by atomic mass is 9.81. The summed E-state index contributed by atoms with van der Waals surface area (Å²) in [6.07, 6.45) is 13.4. The summed E-state index contributed by atoms with van der Waals surface area (Å²) in [7, 11) is 0. The van der Waals surface area contributed by atoms with Crippen molar-refractivity contribution in [2.75, 3.05) is 6.61 Å². The molecule has 0 N–H and O–H groups in total. The molecule has 0 unspecified atom stereocenters. The van der Waals surface area contributed by atoms with E-state index in [1.165, 1.54) is 57.4 Å². The Balaban J connectivity index is 1.47. The normalized spacial score (nSPS) is 19.0. The van der Waals surface area contributed by atoms with Crippen LogP contribution in [0.1, 0.15) is 83.7 Å². The molecule has 1 aliphatic rings. The molecule has 0 bridgehead atoms. The van der Waals surface area contributed by atoms with Gasteiger partial charge in [-0.3, -0.25) is 0 Å². The van der Waals surface area contributed by atoms with Crippen LogP contribution in [0.25, 0.3) is 11.3 Å². The summed E-state index contributed by atoms with van der Waals surface area (Å²) in [5.41, 5.74) is 2.47. The van der Waals surface area contributed by atoms with Crippen molar-refractivity contribution < 1.29 is 9.13 Å². The molecule has 1 fully saturated rings. The number of hydrogen-bond donors (Lipinski definition) is 0. The van der Waals surface area contributed by atoms with E-state index in [4.69, 9.17) is 4.74 Å². The molecule has 0 amide bonds. The predicted octanol–water partition coefficient (Wildman–Crippen LogP) is 7.39. The van der Waals surface area contributed by atoms with Gasteiger partial charge in [0.1, 0.15) is 0 Å². The highest BCUT2D eigenvalue weighted by atomic mass is 19.1. The van der Waals surface area contributed by atoms with Gasteiger partial charge in [-0.1, -0.05) is 65.2 Å². The quantitative estimate of drug-likeness (QED) is 0.361. The monoisotopic (exact) mass is 412 g/mol. The fourth-order valence-corrected chi connectivity index (χ4v) is 4.28. The van der Waals surface area contributed by atoms with E-state index in [0.29, 0.717) is 18.1 Å². The highest BCUT2D eigenvalue weighted by Crippen LogP contribution is 2.31. The number of ether oxygens (including phenoxy) is 1. The summed E-state index contributed by atoms with van der Waals surface area (Å²) < 4.78 is 20.0. The molecule has 0 aliphatic heterocycles. The molecule has 1 aromatic carbocycles. The number of nitrogens with zero attached hydrogens (tertiary/aromatic N) is 2. The molecule has 0 radical (unpaired) electrons. The van der Waals surface area contributed by atoms with Gasteiger partial charge in [-0.05, 0) is 61.4 Å². The number of unbranched alkanes of at least 4 members (excludes halogenated alkanes) is 4. The lowest BCUT2D eigenvalue weighted by Crippen LogP contribution is -2.13. The van der Waals surface area contributed by atoms with Crippen molar-refractivity contribution in [3.8, 4) is 17.0 Å². The fourth-order valence-electron chi connectivity index (χ4n) is 4.28. The van der Waals surface area contributed by atoms with E-state index in [0.717, 1.165) is 42.4 Å². The van der Waals surface area contributed by atoms with Gasteiger partial charge >= 0.3 is 0 Å². The van der Waals surface area contributed by atoms with Crippen molar-refractivity contribution in [1.82, 2.24) is 10.2 Å². The van der Waals surface area contributed by atoms with Crippen LogP contribution in [0.15, 0.2) is 30.3 Å². The molecular formula is C26H37FN2O. The van der Waals surface area contributed by atoms with Gasteiger partial charge in [-0.15, -0.1) is 0 Å². The van der Waals surface area contributed by atoms with Gasteiger partial charge in [-0.2, -0.15) is 10.2 Å². The van der Waals surface area contributed by atoms with Crippen LogP contribution < -0.4 is 4.74 Å². The van der Waals surface area contributed by atoms with Crippen molar-refractivity contribution in [3.05, 3.63) is 41.8 Å². The molecule has 3 rings (SSSR count). The van der Waals surface area contributed by atoms with Gasteiger partial charge < -0.3 is 4.74 Å². The standard InChI is InChI=1S/C26H37FN2O/c1-3-4-5-6-7-18-30-26-17-13-22(19-24(26)27)25-16-15-23(28-29-25)14-12-21-10-8-20(2)9-11-21/h13,15-17,19-21H,3-12,14,18H2,1-2H3. The molecule has 164 valence electrons. The topological polar surface area (TPSA) is 35.0 Å². The van der Waals surface area contributed by atoms with Gasteiger partial charge in [0, 0.05) is 5.56 Å². The third kappa shape index (κ3) is 7.07. The van der Waals surface area contributed by atoms with Crippen LogP contribution in [0, 0.1) is 17.7 Å². The van der Waals surface area contributed by atoms with Crippen molar-refractivity contribution in [2.24, 2.45) is 11.8 Å². The van der Waals surface area contributed by atoms with E-state index in [1.54, 1.807) is 6.07 Å². The van der Waals surface area contributed by atoms with E-state index in [9.17, 15) is 4.39 Å². The highest BCUT2D eigenvalue weighted by molar-refractivity contribution is 5.59. The first-order valence-electron chi connectivity index (χ1n) is 11.9. The minimum atomic E-state index is -0.335.